The summed E-state index contributed by atoms with van der Waals surface area (Å²) >= 11 is 0. The molecule has 74 valence electrons. The second-order valence-electron chi connectivity index (χ2n) is 3.45. The van der Waals surface area contributed by atoms with E-state index in [0.29, 0.717) is 6.54 Å². The van der Waals surface area contributed by atoms with Gasteiger partial charge in [0.05, 0.1) is 5.54 Å². The van der Waals surface area contributed by atoms with Gasteiger partial charge in [0.15, 0.2) is 0 Å². The lowest BCUT2D eigenvalue weighted by Crippen LogP contribution is -2.53. The average molecular weight is 186 g/mol. The molecule has 0 saturated heterocycles. The minimum absolute atomic E-state index is 0.312. The van der Waals surface area contributed by atoms with Crippen molar-refractivity contribution < 1.29 is 14.7 Å². The summed E-state index contributed by atoms with van der Waals surface area (Å²) in [5.74, 6) is -2.40. The van der Waals surface area contributed by atoms with Crippen molar-refractivity contribution in [3.8, 4) is 0 Å². The van der Waals surface area contributed by atoms with Crippen LogP contribution in [0.3, 0.4) is 0 Å². The molecule has 1 aliphatic rings. The molecule has 5 nitrogen and oxygen atoms in total. The van der Waals surface area contributed by atoms with Crippen LogP contribution in [0.4, 0.5) is 0 Å². The number of nitrogens with one attached hydrogen (secondary N) is 1. The van der Waals surface area contributed by atoms with Gasteiger partial charge >= 0.3 is 11.9 Å². The maximum Gasteiger partial charge on any atom is 0.394 e. The number of aliphatic carboxylic acids is 1. The first kappa shape index (κ1) is 9.98. The predicted molar refractivity (Wildman–Crippen MR) is 46.0 cm³/mol. The van der Waals surface area contributed by atoms with Gasteiger partial charge in [0.1, 0.15) is 0 Å². The molecule has 13 heavy (non-hydrogen) atoms. The van der Waals surface area contributed by atoms with Crippen LogP contribution in [0.2, 0.25) is 0 Å². The number of amides is 1. The molecule has 0 aromatic rings. The fourth-order valence-corrected chi connectivity index (χ4v) is 1.73. The number of carbonyl (C=O) groups excluding carboxylic acids is 1. The Hall–Kier alpha value is -1.10. The van der Waals surface area contributed by atoms with Gasteiger partial charge in [-0.05, 0) is 12.8 Å². The van der Waals surface area contributed by atoms with Crippen molar-refractivity contribution in [2.75, 3.05) is 6.54 Å². The van der Waals surface area contributed by atoms with E-state index in [0.717, 1.165) is 25.7 Å². The maximum atomic E-state index is 10.9. The van der Waals surface area contributed by atoms with Gasteiger partial charge < -0.3 is 16.2 Å². The molecule has 0 atom stereocenters. The first-order chi connectivity index (χ1) is 6.09. The zero-order valence-electron chi connectivity index (χ0n) is 7.38. The van der Waals surface area contributed by atoms with Crippen LogP contribution in [0.5, 0.6) is 0 Å². The van der Waals surface area contributed by atoms with Crippen molar-refractivity contribution in [1.29, 1.82) is 0 Å². The van der Waals surface area contributed by atoms with Crippen molar-refractivity contribution in [2.45, 2.75) is 31.2 Å². The van der Waals surface area contributed by atoms with E-state index in [4.69, 9.17) is 10.8 Å². The summed E-state index contributed by atoms with van der Waals surface area (Å²) in [7, 11) is 0. The Balaban J connectivity index is 2.58. The molecule has 0 radical (unpaired) electrons. The van der Waals surface area contributed by atoms with E-state index in [9.17, 15) is 9.59 Å². The van der Waals surface area contributed by atoms with Crippen molar-refractivity contribution >= 4 is 11.9 Å². The summed E-state index contributed by atoms with van der Waals surface area (Å²) in [6.07, 6.45) is 3.55. The number of nitrogens with two attached hydrogens (primary N) is 1. The van der Waals surface area contributed by atoms with Crippen molar-refractivity contribution in [3.05, 3.63) is 0 Å². The number of hydrogen-bond acceptors (Lipinski definition) is 3. The van der Waals surface area contributed by atoms with Crippen LogP contribution in [0.25, 0.3) is 0 Å². The van der Waals surface area contributed by atoms with Crippen LogP contribution in [-0.2, 0) is 9.59 Å². The van der Waals surface area contributed by atoms with Crippen LogP contribution in [0.1, 0.15) is 25.7 Å². The summed E-state index contributed by atoms with van der Waals surface area (Å²) in [4.78, 5) is 21.2. The van der Waals surface area contributed by atoms with Gasteiger partial charge in [-0.15, -0.1) is 0 Å². The van der Waals surface area contributed by atoms with E-state index in [-0.39, 0.29) is 0 Å². The quantitative estimate of drug-likeness (QED) is 0.505. The lowest BCUT2D eigenvalue weighted by Gasteiger charge is -2.27. The lowest BCUT2D eigenvalue weighted by atomic mass is 9.98. The number of rotatable bonds is 2. The summed E-state index contributed by atoms with van der Waals surface area (Å²) in [5, 5.41) is 10.9. The van der Waals surface area contributed by atoms with Gasteiger partial charge in [0.2, 0.25) is 0 Å². The highest BCUT2D eigenvalue weighted by Gasteiger charge is 2.35. The molecule has 4 N–H and O–H groups in total. The van der Waals surface area contributed by atoms with Gasteiger partial charge in [0.25, 0.3) is 0 Å². The third-order valence-electron chi connectivity index (χ3n) is 2.52. The van der Waals surface area contributed by atoms with Gasteiger partial charge in [-0.3, -0.25) is 4.79 Å². The first-order valence-electron chi connectivity index (χ1n) is 4.35. The Morgan fingerprint density at radius 3 is 2.31 bits per heavy atom. The molecule has 0 aromatic carbocycles. The number of carboxylic acids is 1. The van der Waals surface area contributed by atoms with Gasteiger partial charge in [0, 0.05) is 6.54 Å². The Morgan fingerprint density at radius 1 is 1.38 bits per heavy atom. The molecular formula is C8H14N2O3. The standard InChI is InChI=1S/C8H14N2O3/c9-5-8(3-1-2-4-8)10-6(11)7(12)13/h1-5,9H2,(H,10,11)(H,12,13). The zero-order chi connectivity index (χ0) is 9.90. The Kier molecular flexibility index (Phi) is 2.87. The zero-order valence-corrected chi connectivity index (χ0v) is 7.38. The number of carbonyl (C=O) groups is 2. The van der Waals surface area contributed by atoms with Crippen LogP contribution >= 0.6 is 0 Å². The second-order valence-corrected chi connectivity index (χ2v) is 3.45. The van der Waals surface area contributed by atoms with E-state index >= 15 is 0 Å². The molecule has 0 unspecified atom stereocenters. The topological polar surface area (TPSA) is 92.4 Å². The molecule has 1 fully saturated rings. The molecule has 0 bridgehead atoms. The molecule has 0 spiro atoms. The van der Waals surface area contributed by atoms with Crippen molar-refractivity contribution in [2.24, 2.45) is 5.73 Å². The molecule has 1 amide bonds. The summed E-state index contributed by atoms with van der Waals surface area (Å²) in [6, 6.07) is 0. The predicted octanol–water partition coefficient (Wildman–Crippen LogP) is -0.541. The minimum atomic E-state index is -1.44. The molecule has 0 aliphatic heterocycles. The largest absolute Gasteiger partial charge is 0.474 e. The molecule has 1 aliphatic carbocycles. The smallest absolute Gasteiger partial charge is 0.394 e. The third-order valence-corrected chi connectivity index (χ3v) is 2.52. The molecule has 1 rings (SSSR count). The summed E-state index contributed by atoms with van der Waals surface area (Å²) < 4.78 is 0. The number of carboxylic acid groups (broad SMARTS) is 1. The average Bonchev–Trinajstić information content (AvgIpc) is 2.54. The molecular weight excluding hydrogens is 172 g/mol. The highest BCUT2D eigenvalue weighted by molar-refractivity contribution is 6.31. The molecule has 0 aromatic heterocycles. The van der Waals surface area contributed by atoms with E-state index in [1.54, 1.807) is 0 Å². The maximum absolute atomic E-state index is 10.9. The van der Waals surface area contributed by atoms with Crippen LogP contribution < -0.4 is 11.1 Å². The highest BCUT2D eigenvalue weighted by atomic mass is 16.4. The van der Waals surface area contributed by atoms with Crippen LogP contribution in [0, 0.1) is 0 Å². The fraction of sp³-hybridized carbons (Fsp3) is 0.750. The van der Waals surface area contributed by atoms with E-state index in [1.807, 2.05) is 0 Å². The van der Waals surface area contributed by atoms with Crippen molar-refractivity contribution in [1.82, 2.24) is 5.32 Å². The SMILES string of the molecule is NCC1(NC(=O)C(=O)O)CCCC1. The lowest BCUT2D eigenvalue weighted by molar-refractivity contribution is -0.151. The van der Waals surface area contributed by atoms with E-state index < -0.39 is 17.4 Å². The Labute approximate surface area is 76.3 Å². The first-order valence-corrected chi connectivity index (χ1v) is 4.35. The Morgan fingerprint density at radius 2 is 1.92 bits per heavy atom. The van der Waals surface area contributed by atoms with Gasteiger partial charge in [-0.2, -0.15) is 0 Å². The third kappa shape index (κ3) is 2.18. The van der Waals surface area contributed by atoms with Gasteiger partial charge in [-0.25, -0.2) is 4.79 Å². The summed E-state index contributed by atoms with van der Waals surface area (Å²) in [6.45, 7) is 0.312. The number of hydrogen-bond donors (Lipinski definition) is 3. The normalized spacial score (nSPS) is 19.8. The summed E-state index contributed by atoms with van der Waals surface area (Å²) in [5.41, 5.74) is 5.05. The van der Waals surface area contributed by atoms with E-state index in [1.165, 1.54) is 0 Å². The Bertz CT molecular complexity index is 221. The van der Waals surface area contributed by atoms with Gasteiger partial charge in [-0.1, -0.05) is 12.8 Å². The highest BCUT2D eigenvalue weighted by Crippen LogP contribution is 2.28. The molecule has 0 heterocycles. The van der Waals surface area contributed by atoms with Crippen molar-refractivity contribution in [3.63, 3.8) is 0 Å². The van der Waals surface area contributed by atoms with E-state index in [2.05, 4.69) is 5.32 Å². The van der Waals surface area contributed by atoms with Crippen LogP contribution in [0.15, 0.2) is 0 Å². The monoisotopic (exact) mass is 186 g/mol. The second kappa shape index (κ2) is 3.74. The minimum Gasteiger partial charge on any atom is -0.474 e. The van der Waals surface area contributed by atoms with Crippen LogP contribution in [-0.4, -0.2) is 29.1 Å². The molecule has 1 saturated carbocycles. The molecule has 5 heteroatoms. The fourth-order valence-electron chi connectivity index (χ4n) is 1.73.